The molecule has 1 aromatic heterocycles. The average Bonchev–Trinajstić information content (AvgIpc) is 2.72. The molecule has 3 N–H and O–H groups in total. The molecule has 0 aliphatic rings. The maximum atomic E-state index is 12.5. The number of nitrogen functional groups attached to an aromatic ring is 1. The zero-order valence-electron chi connectivity index (χ0n) is 9.16. The molecule has 1 heterocycles. The number of nitrogens with zero attached hydrogens (tertiary/aromatic N) is 1. The molecule has 0 saturated heterocycles. The standard InChI is InChI=1S/C11H10F3N3S/c12-11(13,14)7-2-1-3-8(4-7)16-5-9-6-18-10(15)17-9/h1-4,6,16H,5H2,(H2,15,17). The van der Waals surface area contributed by atoms with Gasteiger partial charge in [0.1, 0.15) is 0 Å². The van der Waals surface area contributed by atoms with Crippen molar-refractivity contribution in [3.05, 3.63) is 40.9 Å². The van der Waals surface area contributed by atoms with Crippen LogP contribution >= 0.6 is 11.3 Å². The number of nitrogens with two attached hydrogens (primary N) is 1. The van der Waals surface area contributed by atoms with Crippen LogP contribution in [0.5, 0.6) is 0 Å². The van der Waals surface area contributed by atoms with Crippen molar-refractivity contribution in [1.82, 2.24) is 4.98 Å². The lowest BCUT2D eigenvalue weighted by molar-refractivity contribution is -0.137. The Bertz CT molecular complexity index is 536. The highest BCUT2D eigenvalue weighted by Gasteiger charge is 2.30. The summed E-state index contributed by atoms with van der Waals surface area (Å²) < 4.78 is 37.4. The fraction of sp³-hybridized carbons (Fsp3) is 0.182. The second kappa shape index (κ2) is 4.85. The molecule has 0 bridgehead atoms. The molecule has 0 radical (unpaired) electrons. The van der Waals surface area contributed by atoms with Crippen LogP contribution in [0.3, 0.4) is 0 Å². The molecule has 96 valence electrons. The summed E-state index contributed by atoms with van der Waals surface area (Å²) in [5.41, 5.74) is 5.89. The summed E-state index contributed by atoms with van der Waals surface area (Å²) in [5.74, 6) is 0. The van der Waals surface area contributed by atoms with Gasteiger partial charge in [-0.15, -0.1) is 11.3 Å². The van der Waals surface area contributed by atoms with Gasteiger partial charge in [-0.1, -0.05) is 6.07 Å². The fourth-order valence-corrected chi connectivity index (χ4v) is 1.96. The average molecular weight is 273 g/mol. The van der Waals surface area contributed by atoms with Gasteiger partial charge in [0.15, 0.2) is 5.13 Å². The lowest BCUT2D eigenvalue weighted by Gasteiger charge is -2.09. The van der Waals surface area contributed by atoms with Gasteiger partial charge in [-0.2, -0.15) is 13.2 Å². The molecule has 0 aliphatic carbocycles. The smallest absolute Gasteiger partial charge is 0.379 e. The molecule has 0 spiro atoms. The summed E-state index contributed by atoms with van der Waals surface area (Å²) in [5, 5.41) is 5.08. The molecule has 18 heavy (non-hydrogen) atoms. The minimum atomic E-state index is -4.33. The summed E-state index contributed by atoms with van der Waals surface area (Å²) >= 11 is 1.29. The van der Waals surface area contributed by atoms with Crippen LogP contribution in [0.15, 0.2) is 29.6 Å². The van der Waals surface area contributed by atoms with Crippen LogP contribution in [0.2, 0.25) is 0 Å². The van der Waals surface area contributed by atoms with Gasteiger partial charge >= 0.3 is 6.18 Å². The van der Waals surface area contributed by atoms with E-state index in [9.17, 15) is 13.2 Å². The second-order valence-electron chi connectivity index (χ2n) is 3.61. The van der Waals surface area contributed by atoms with Crippen molar-refractivity contribution in [3.8, 4) is 0 Å². The molecule has 2 rings (SSSR count). The number of nitrogens with one attached hydrogen (secondary N) is 1. The lowest BCUT2D eigenvalue weighted by Crippen LogP contribution is -2.06. The van der Waals surface area contributed by atoms with Crippen molar-refractivity contribution in [2.24, 2.45) is 0 Å². The van der Waals surface area contributed by atoms with Crippen LogP contribution in [-0.2, 0) is 12.7 Å². The number of hydrogen-bond acceptors (Lipinski definition) is 4. The normalized spacial score (nSPS) is 11.5. The van der Waals surface area contributed by atoms with E-state index in [1.54, 1.807) is 11.4 Å². The topological polar surface area (TPSA) is 50.9 Å². The zero-order chi connectivity index (χ0) is 13.2. The summed E-state index contributed by atoms with van der Waals surface area (Å²) in [7, 11) is 0. The van der Waals surface area contributed by atoms with Crippen LogP contribution < -0.4 is 11.1 Å². The highest BCUT2D eigenvalue weighted by Crippen LogP contribution is 2.30. The first-order valence-electron chi connectivity index (χ1n) is 5.06. The van der Waals surface area contributed by atoms with E-state index in [1.807, 2.05) is 0 Å². The Hall–Kier alpha value is -1.76. The van der Waals surface area contributed by atoms with Gasteiger partial charge < -0.3 is 11.1 Å². The first-order valence-corrected chi connectivity index (χ1v) is 5.94. The molecule has 0 fully saturated rings. The molecule has 2 aromatic rings. The molecule has 0 unspecified atom stereocenters. The number of alkyl halides is 3. The molecule has 1 aromatic carbocycles. The lowest BCUT2D eigenvalue weighted by atomic mass is 10.2. The van der Waals surface area contributed by atoms with Crippen molar-refractivity contribution < 1.29 is 13.2 Å². The number of rotatable bonds is 3. The van der Waals surface area contributed by atoms with E-state index < -0.39 is 11.7 Å². The number of halogens is 3. The highest BCUT2D eigenvalue weighted by molar-refractivity contribution is 7.13. The molecular weight excluding hydrogens is 263 g/mol. The van der Waals surface area contributed by atoms with E-state index in [-0.39, 0.29) is 0 Å². The number of benzene rings is 1. The largest absolute Gasteiger partial charge is 0.416 e. The van der Waals surface area contributed by atoms with Crippen LogP contribution in [0.25, 0.3) is 0 Å². The maximum Gasteiger partial charge on any atom is 0.416 e. The Morgan fingerprint density at radius 3 is 2.72 bits per heavy atom. The van der Waals surface area contributed by atoms with E-state index in [1.165, 1.54) is 17.4 Å². The fourth-order valence-electron chi connectivity index (χ4n) is 1.40. The minimum Gasteiger partial charge on any atom is -0.379 e. The first-order chi connectivity index (χ1) is 8.45. The summed E-state index contributed by atoms with van der Waals surface area (Å²) in [4.78, 5) is 4.01. The van der Waals surface area contributed by atoms with Crippen molar-refractivity contribution in [1.29, 1.82) is 0 Å². The third kappa shape index (κ3) is 3.13. The predicted molar refractivity (Wildman–Crippen MR) is 65.3 cm³/mol. The van der Waals surface area contributed by atoms with E-state index in [2.05, 4.69) is 10.3 Å². The quantitative estimate of drug-likeness (QED) is 0.901. The Morgan fingerprint density at radius 2 is 2.11 bits per heavy atom. The zero-order valence-corrected chi connectivity index (χ0v) is 9.98. The van der Waals surface area contributed by atoms with Crippen LogP contribution in [-0.4, -0.2) is 4.98 Å². The van der Waals surface area contributed by atoms with Crippen LogP contribution in [0.1, 0.15) is 11.3 Å². The summed E-state index contributed by atoms with van der Waals surface area (Å²) in [6, 6.07) is 5.03. The summed E-state index contributed by atoms with van der Waals surface area (Å²) in [6.07, 6.45) is -4.33. The SMILES string of the molecule is Nc1nc(CNc2cccc(C(F)(F)F)c2)cs1. The van der Waals surface area contributed by atoms with Crippen LogP contribution in [0, 0.1) is 0 Å². The molecular formula is C11H10F3N3S. The Morgan fingerprint density at radius 1 is 1.33 bits per heavy atom. The van der Waals surface area contributed by atoms with Gasteiger partial charge in [0.05, 0.1) is 17.8 Å². The predicted octanol–water partition coefficient (Wildman–Crippen LogP) is 3.36. The Labute approximate surface area is 105 Å². The number of hydrogen-bond donors (Lipinski definition) is 2. The van der Waals surface area contributed by atoms with Crippen LogP contribution in [0.4, 0.5) is 24.0 Å². The molecule has 0 saturated carbocycles. The second-order valence-corrected chi connectivity index (χ2v) is 4.50. The number of anilines is 2. The van der Waals surface area contributed by atoms with Gasteiger partial charge in [-0.3, -0.25) is 0 Å². The minimum absolute atomic E-state index is 0.342. The maximum absolute atomic E-state index is 12.5. The van der Waals surface area contributed by atoms with E-state index in [0.29, 0.717) is 23.1 Å². The molecule has 3 nitrogen and oxygen atoms in total. The third-order valence-corrected chi connectivity index (χ3v) is 2.96. The van der Waals surface area contributed by atoms with E-state index >= 15 is 0 Å². The van der Waals surface area contributed by atoms with E-state index in [0.717, 1.165) is 12.1 Å². The van der Waals surface area contributed by atoms with E-state index in [4.69, 9.17) is 5.73 Å². The van der Waals surface area contributed by atoms with Crippen molar-refractivity contribution in [2.75, 3.05) is 11.1 Å². The molecule has 0 aliphatic heterocycles. The molecule has 0 atom stereocenters. The highest BCUT2D eigenvalue weighted by atomic mass is 32.1. The Kier molecular flexibility index (Phi) is 3.42. The first kappa shape index (κ1) is 12.7. The molecule has 7 heteroatoms. The van der Waals surface area contributed by atoms with Gasteiger partial charge in [-0.25, -0.2) is 4.98 Å². The van der Waals surface area contributed by atoms with Gasteiger partial charge in [-0.05, 0) is 18.2 Å². The Balaban J connectivity index is 2.06. The monoisotopic (exact) mass is 273 g/mol. The summed E-state index contributed by atoms with van der Waals surface area (Å²) in [6.45, 7) is 0.342. The number of thiazole rings is 1. The van der Waals surface area contributed by atoms with Crippen molar-refractivity contribution >= 4 is 22.2 Å². The van der Waals surface area contributed by atoms with Gasteiger partial charge in [0, 0.05) is 11.1 Å². The number of aromatic nitrogens is 1. The van der Waals surface area contributed by atoms with Gasteiger partial charge in [0.2, 0.25) is 0 Å². The molecule has 0 amide bonds. The third-order valence-electron chi connectivity index (χ3n) is 2.23. The van der Waals surface area contributed by atoms with Crippen molar-refractivity contribution in [2.45, 2.75) is 12.7 Å². The van der Waals surface area contributed by atoms with Gasteiger partial charge in [0.25, 0.3) is 0 Å². The van der Waals surface area contributed by atoms with Crippen molar-refractivity contribution in [3.63, 3.8) is 0 Å².